The Balaban J connectivity index is 2.75. The van der Waals surface area contributed by atoms with Crippen LogP contribution in [0.25, 0.3) is 0 Å². The molecule has 0 aromatic heterocycles. The number of halogens is 1. The van der Waals surface area contributed by atoms with Crippen molar-refractivity contribution in [2.45, 2.75) is 19.5 Å². The largest absolute Gasteiger partial charge is 0.478 e. The van der Waals surface area contributed by atoms with Crippen molar-refractivity contribution in [1.29, 1.82) is 0 Å². The molecule has 1 atom stereocenters. The maximum atomic E-state index is 10.7. The molecule has 0 heterocycles. The monoisotopic (exact) mass is 283 g/mol. The minimum Gasteiger partial charge on any atom is -0.478 e. The first kappa shape index (κ1) is 12.9. The fourth-order valence-corrected chi connectivity index (χ4v) is 1.70. The highest BCUT2D eigenvalue weighted by molar-refractivity contribution is 9.10. The summed E-state index contributed by atoms with van der Waals surface area (Å²) in [6.07, 6.45) is 1.82. The summed E-state index contributed by atoms with van der Waals surface area (Å²) in [4.78, 5) is 10.7. The van der Waals surface area contributed by atoms with Crippen LogP contribution in [0.15, 0.2) is 35.3 Å². The van der Waals surface area contributed by atoms with E-state index < -0.39 is 5.97 Å². The molecule has 1 aromatic carbocycles. The molecular weight excluding hydrogens is 270 g/mol. The molecule has 1 unspecified atom stereocenters. The highest BCUT2D eigenvalue weighted by Crippen LogP contribution is 2.18. The molecule has 0 aliphatic heterocycles. The molecule has 0 aliphatic carbocycles. The first-order chi connectivity index (χ1) is 7.54. The summed E-state index contributed by atoms with van der Waals surface area (Å²) in [7, 11) is 0. The molecule has 1 aromatic rings. The standard InChI is InChI=1S/C12H14BrNO2/c1-3-8(2)14-7-10-5-4-9(12(15)16)6-11(10)13/h3-6,8,14H,1,7H2,2H3,(H,15,16). The van der Waals surface area contributed by atoms with Gasteiger partial charge in [-0.15, -0.1) is 6.58 Å². The summed E-state index contributed by atoms with van der Waals surface area (Å²) < 4.78 is 0.802. The van der Waals surface area contributed by atoms with Gasteiger partial charge in [0.2, 0.25) is 0 Å². The van der Waals surface area contributed by atoms with Gasteiger partial charge in [0.05, 0.1) is 5.56 Å². The van der Waals surface area contributed by atoms with Gasteiger partial charge >= 0.3 is 5.97 Å². The molecule has 0 aliphatic rings. The van der Waals surface area contributed by atoms with Gasteiger partial charge in [0, 0.05) is 17.1 Å². The van der Waals surface area contributed by atoms with Gasteiger partial charge in [-0.1, -0.05) is 28.1 Å². The van der Waals surface area contributed by atoms with Crippen LogP contribution >= 0.6 is 15.9 Å². The Bertz CT molecular complexity index is 404. The van der Waals surface area contributed by atoms with Gasteiger partial charge in [-0.3, -0.25) is 0 Å². The lowest BCUT2D eigenvalue weighted by molar-refractivity contribution is 0.0697. The average Bonchev–Trinajstić information content (AvgIpc) is 2.26. The van der Waals surface area contributed by atoms with E-state index in [2.05, 4.69) is 27.8 Å². The summed E-state index contributed by atoms with van der Waals surface area (Å²) in [6, 6.07) is 5.24. The zero-order valence-corrected chi connectivity index (χ0v) is 10.6. The number of carbonyl (C=O) groups is 1. The maximum absolute atomic E-state index is 10.7. The van der Waals surface area contributed by atoms with Crippen molar-refractivity contribution in [2.24, 2.45) is 0 Å². The van der Waals surface area contributed by atoms with Crippen molar-refractivity contribution in [3.8, 4) is 0 Å². The number of carboxylic acid groups (broad SMARTS) is 1. The predicted molar refractivity (Wildman–Crippen MR) is 67.6 cm³/mol. The third-order valence-corrected chi connectivity index (χ3v) is 3.01. The Morgan fingerprint density at radius 1 is 1.69 bits per heavy atom. The van der Waals surface area contributed by atoms with Gasteiger partial charge in [-0.05, 0) is 24.6 Å². The summed E-state index contributed by atoms with van der Waals surface area (Å²) in [5, 5.41) is 12.0. The van der Waals surface area contributed by atoms with Crippen LogP contribution in [-0.4, -0.2) is 17.1 Å². The first-order valence-corrected chi connectivity index (χ1v) is 5.71. The van der Waals surface area contributed by atoms with Crippen molar-refractivity contribution in [1.82, 2.24) is 5.32 Å². The van der Waals surface area contributed by atoms with Crippen molar-refractivity contribution >= 4 is 21.9 Å². The maximum Gasteiger partial charge on any atom is 0.335 e. The van der Waals surface area contributed by atoms with E-state index in [-0.39, 0.29) is 11.6 Å². The van der Waals surface area contributed by atoms with Crippen LogP contribution in [0.5, 0.6) is 0 Å². The summed E-state index contributed by atoms with van der Waals surface area (Å²) in [6.45, 7) is 6.36. The second kappa shape index (κ2) is 5.82. The fourth-order valence-electron chi connectivity index (χ4n) is 1.18. The van der Waals surface area contributed by atoms with E-state index in [4.69, 9.17) is 5.11 Å². The second-order valence-corrected chi connectivity index (χ2v) is 4.37. The molecule has 0 saturated heterocycles. The van der Waals surface area contributed by atoms with Crippen molar-refractivity contribution in [2.75, 3.05) is 0 Å². The third kappa shape index (κ3) is 3.47. The number of hydrogen-bond acceptors (Lipinski definition) is 2. The molecule has 4 heteroatoms. The van der Waals surface area contributed by atoms with Crippen LogP contribution in [0.4, 0.5) is 0 Å². The lowest BCUT2D eigenvalue weighted by Gasteiger charge is -2.10. The number of hydrogen-bond donors (Lipinski definition) is 2. The van der Waals surface area contributed by atoms with E-state index in [1.807, 2.05) is 13.0 Å². The first-order valence-electron chi connectivity index (χ1n) is 4.92. The lowest BCUT2D eigenvalue weighted by Crippen LogP contribution is -2.23. The Morgan fingerprint density at radius 2 is 2.38 bits per heavy atom. The molecule has 16 heavy (non-hydrogen) atoms. The predicted octanol–water partition coefficient (Wildman–Crippen LogP) is 2.81. The molecule has 0 amide bonds. The van der Waals surface area contributed by atoms with Crippen molar-refractivity contribution in [3.05, 3.63) is 46.5 Å². The van der Waals surface area contributed by atoms with Gasteiger partial charge in [-0.25, -0.2) is 4.79 Å². The van der Waals surface area contributed by atoms with Crippen LogP contribution in [-0.2, 0) is 6.54 Å². The van der Waals surface area contributed by atoms with E-state index in [1.54, 1.807) is 18.2 Å². The Labute approximate surface area is 103 Å². The van der Waals surface area contributed by atoms with Crippen LogP contribution in [0, 0.1) is 0 Å². The minimum atomic E-state index is -0.917. The smallest absolute Gasteiger partial charge is 0.335 e. The topological polar surface area (TPSA) is 49.3 Å². The molecule has 3 nitrogen and oxygen atoms in total. The van der Waals surface area contributed by atoms with Crippen LogP contribution < -0.4 is 5.32 Å². The number of carboxylic acids is 1. The zero-order valence-electron chi connectivity index (χ0n) is 9.03. The zero-order chi connectivity index (χ0) is 12.1. The lowest BCUT2D eigenvalue weighted by atomic mass is 10.1. The molecular formula is C12H14BrNO2. The van der Waals surface area contributed by atoms with E-state index >= 15 is 0 Å². The molecule has 0 bridgehead atoms. The number of nitrogens with one attached hydrogen (secondary N) is 1. The molecule has 0 spiro atoms. The third-order valence-electron chi connectivity index (χ3n) is 2.27. The Morgan fingerprint density at radius 3 is 2.88 bits per heavy atom. The van der Waals surface area contributed by atoms with Crippen LogP contribution in [0.1, 0.15) is 22.8 Å². The summed E-state index contributed by atoms with van der Waals surface area (Å²) >= 11 is 3.36. The summed E-state index contributed by atoms with van der Waals surface area (Å²) in [5.74, 6) is -0.917. The quantitative estimate of drug-likeness (QED) is 0.817. The summed E-state index contributed by atoms with van der Waals surface area (Å²) in [5.41, 5.74) is 1.31. The Hall–Kier alpha value is -1.13. The molecule has 2 N–H and O–H groups in total. The van der Waals surface area contributed by atoms with Crippen LogP contribution in [0.3, 0.4) is 0 Å². The highest BCUT2D eigenvalue weighted by Gasteiger charge is 2.06. The van der Waals surface area contributed by atoms with E-state index in [0.717, 1.165) is 10.0 Å². The van der Waals surface area contributed by atoms with E-state index in [9.17, 15) is 4.79 Å². The second-order valence-electron chi connectivity index (χ2n) is 3.52. The molecule has 1 rings (SSSR count). The van der Waals surface area contributed by atoms with E-state index in [0.29, 0.717) is 6.54 Å². The van der Waals surface area contributed by atoms with E-state index in [1.165, 1.54) is 0 Å². The fraction of sp³-hybridized carbons (Fsp3) is 0.250. The number of aromatic carboxylic acids is 1. The van der Waals surface area contributed by atoms with Gasteiger partial charge in [0.1, 0.15) is 0 Å². The Kier molecular flexibility index (Phi) is 4.71. The molecule has 86 valence electrons. The molecule has 0 saturated carbocycles. The normalized spacial score (nSPS) is 12.1. The number of benzene rings is 1. The van der Waals surface area contributed by atoms with Gasteiger partial charge in [0.15, 0.2) is 0 Å². The van der Waals surface area contributed by atoms with Crippen LogP contribution in [0.2, 0.25) is 0 Å². The van der Waals surface area contributed by atoms with Gasteiger partial charge in [0.25, 0.3) is 0 Å². The SMILES string of the molecule is C=CC(C)NCc1ccc(C(=O)O)cc1Br. The average molecular weight is 284 g/mol. The van der Waals surface area contributed by atoms with Gasteiger partial charge < -0.3 is 10.4 Å². The minimum absolute atomic E-state index is 0.228. The van der Waals surface area contributed by atoms with Crippen molar-refractivity contribution in [3.63, 3.8) is 0 Å². The molecule has 0 radical (unpaired) electrons. The van der Waals surface area contributed by atoms with Gasteiger partial charge in [-0.2, -0.15) is 0 Å². The van der Waals surface area contributed by atoms with Crippen molar-refractivity contribution < 1.29 is 9.90 Å². The number of rotatable bonds is 5. The highest BCUT2D eigenvalue weighted by atomic mass is 79.9. The molecule has 0 fully saturated rings.